The standard InChI is InChI=1S/C20H29I/c1-2-15-3-5-16(6-4-15)17-7-9-18(10-8-17)19-11-13-20(21)14-12-19/h11-18H,2-10H2,1H3/t15-,16-,17-,18-. The van der Waals surface area contributed by atoms with Gasteiger partial charge in [0.25, 0.3) is 0 Å². The lowest BCUT2D eigenvalue weighted by atomic mass is 9.68. The van der Waals surface area contributed by atoms with Crippen LogP contribution < -0.4 is 0 Å². The monoisotopic (exact) mass is 396 g/mol. The van der Waals surface area contributed by atoms with Crippen molar-refractivity contribution in [3.05, 3.63) is 33.4 Å². The predicted molar refractivity (Wildman–Crippen MR) is 99.6 cm³/mol. The minimum atomic E-state index is 0.838. The summed E-state index contributed by atoms with van der Waals surface area (Å²) in [5, 5.41) is 0. The van der Waals surface area contributed by atoms with Gasteiger partial charge in [-0.1, -0.05) is 38.3 Å². The SMILES string of the molecule is CC[C@H]1CC[C@H]([C@H]2CC[C@H](c3ccc(I)cc3)CC2)CC1. The second-order valence-electron chi connectivity index (χ2n) is 7.35. The van der Waals surface area contributed by atoms with Crippen LogP contribution in [0.2, 0.25) is 0 Å². The molecule has 0 bridgehead atoms. The van der Waals surface area contributed by atoms with Crippen LogP contribution in [0.5, 0.6) is 0 Å². The van der Waals surface area contributed by atoms with Gasteiger partial charge in [0, 0.05) is 3.57 Å². The predicted octanol–water partition coefficient (Wildman–Crippen LogP) is 6.78. The van der Waals surface area contributed by atoms with Gasteiger partial charge >= 0.3 is 0 Å². The van der Waals surface area contributed by atoms with Crippen LogP contribution in [0.15, 0.2) is 24.3 Å². The Morgan fingerprint density at radius 1 is 0.810 bits per heavy atom. The van der Waals surface area contributed by atoms with E-state index in [4.69, 9.17) is 0 Å². The van der Waals surface area contributed by atoms with Crippen LogP contribution in [-0.2, 0) is 0 Å². The molecule has 116 valence electrons. The summed E-state index contributed by atoms with van der Waals surface area (Å²) < 4.78 is 1.36. The first kappa shape index (κ1) is 15.8. The molecule has 0 heterocycles. The quantitative estimate of drug-likeness (QED) is 0.494. The van der Waals surface area contributed by atoms with E-state index in [1.807, 2.05) is 0 Å². The van der Waals surface area contributed by atoms with Crippen LogP contribution in [0.25, 0.3) is 0 Å². The average molecular weight is 396 g/mol. The lowest BCUT2D eigenvalue weighted by Gasteiger charge is -2.38. The van der Waals surface area contributed by atoms with Gasteiger partial charge in [-0.25, -0.2) is 0 Å². The molecule has 1 heteroatoms. The molecule has 2 aliphatic carbocycles. The second-order valence-corrected chi connectivity index (χ2v) is 8.60. The maximum atomic E-state index is 2.40. The summed E-state index contributed by atoms with van der Waals surface area (Å²) in [6.07, 6.45) is 13.3. The minimum absolute atomic E-state index is 0.838. The first-order valence-corrected chi connectivity index (χ1v) is 10.1. The molecule has 0 aromatic heterocycles. The van der Waals surface area contributed by atoms with Crippen LogP contribution in [0, 0.1) is 21.3 Å². The molecule has 2 fully saturated rings. The van der Waals surface area contributed by atoms with Crippen molar-refractivity contribution in [3.63, 3.8) is 0 Å². The van der Waals surface area contributed by atoms with Crippen molar-refractivity contribution >= 4 is 22.6 Å². The average Bonchev–Trinajstić information content (AvgIpc) is 2.56. The van der Waals surface area contributed by atoms with Crippen LogP contribution in [0.1, 0.15) is 76.2 Å². The maximum absolute atomic E-state index is 2.40. The lowest BCUT2D eigenvalue weighted by molar-refractivity contribution is 0.158. The number of hydrogen-bond acceptors (Lipinski definition) is 0. The summed E-state index contributed by atoms with van der Waals surface area (Å²) in [5.41, 5.74) is 1.59. The van der Waals surface area contributed by atoms with Gasteiger partial charge in [-0.05, 0) is 102 Å². The molecular weight excluding hydrogens is 367 g/mol. The van der Waals surface area contributed by atoms with E-state index in [0.717, 1.165) is 23.7 Å². The van der Waals surface area contributed by atoms with Gasteiger partial charge in [-0.15, -0.1) is 0 Å². The van der Waals surface area contributed by atoms with Gasteiger partial charge in [0.15, 0.2) is 0 Å². The molecule has 0 nitrogen and oxygen atoms in total. The summed E-state index contributed by atoms with van der Waals surface area (Å²) in [4.78, 5) is 0. The molecule has 21 heavy (non-hydrogen) atoms. The normalized spacial score (nSPS) is 33.8. The molecule has 0 N–H and O–H groups in total. The summed E-state index contributed by atoms with van der Waals surface area (Å²) in [6.45, 7) is 2.37. The highest BCUT2D eigenvalue weighted by Crippen LogP contribution is 2.44. The third-order valence-electron chi connectivity index (χ3n) is 6.25. The van der Waals surface area contributed by atoms with E-state index in [0.29, 0.717) is 0 Å². The Morgan fingerprint density at radius 3 is 1.86 bits per heavy atom. The third-order valence-corrected chi connectivity index (χ3v) is 6.97. The molecule has 0 spiro atoms. The Kier molecular flexibility index (Phi) is 5.64. The van der Waals surface area contributed by atoms with E-state index in [1.54, 1.807) is 5.56 Å². The fourth-order valence-electron chi connectivity index (χ4n) is 4.73. The molecule has 2 saturated carbocycles. The Labute approximate surface area is 144 Å². The van der Waals surface area contributed by atoms with E-state index in [2.05, 4.69) is 53.8 Å². The first-order valence-electron chi connectivity index (χ1n) is 9.01. The number of rotatable bonds is 3. The van der Waals surface area contributed by atoms with E-state index < -0.39 is 0 Å². The van der Waals surface area contributed by atoms with E-state index >= 15 is 0 Å². The van der Waals surface area contributed by atoms with Crippen molar-refractivity contribution < 1.29 is 0 Å². The molecule has 2 aliphatic rings. The Balaban J connectivity index is 1.50. The number of benzene rings is 1. The highest BCUT2D eigenvalue weighted by atomic mass is 127. The molecule has 0 radical (unpaired) electrons. The lowest BCUT2D eigenvalue weighted by Crippen LogP contribution is -2.25. The fraction of sp³-hybridized carbons (Fsp3) is 0.700. The van der Waals surface area contributed by atoms with Gasteiger partial charge < -0.3 is 0 Å². The molecule has 0 atom stereocenters. The van der Waals surface area contributed by atoms with Crippen LogP contribution >= 0.6 is 22.6 Å². The van der Waals surface area contributed by atoms with Crippen LogP contribution in [0.3, 0.4) is 0 Å². The molecular formula is C20H29I. The zero-order valence-corrected chi connectivity index (χ0v) is 15.5. The fourth-order valence-corrected chi connectivity index (χ4v) is 5.09. The van der Waals surface area contributed by atoms with Crippen molar-refractivity contribution in [2.75, 3.05) is 0 Å². The highest BCUT2D eigenvalue weighted by molar-refractivity contribution is 14.1. The number of halogens is 1. The maximum Gasteiger partial charge on any atom is 0.0130 e. The summed E-state index contributed by atoms with van der Waals surface area (Å²) in [6, 6.07) is 9.26. The highest BCUT2D eigenvalue weighted by Gasteiger charge is 2.30. The minimum Gasteiger partial charge on any atom is -0.0651 e. The van der Waals surface area contributed by atoms with Gasteiger partial charge in [-0.2, -0.15) is 0 Å². The van der Waals surface area contributed by atoms with E-state index in [1.165, 1.54) is 61.4 Å². The van der Waals surface area contributed by atoms with Crippen molar-refractivity contribution in [2.24, 2.45) is 17.8 Å². The molecule has 0 saturated heterocycles. The summed E-state index contributed by atoms with van der Waals surface area (Å²) in [5.74, 6) is 3.99. The Morgan fingerprint density at radius 2 is 1.33 bits per heavy atom. The second kappa shape index (κ2) is 7.48. The molecule has 3 rings (SSSR count). The topological polar surface area (TPSA) is 0 Å². The first-order chi connectivity index (χ1) is 10.3. The Hall–Kier alpha value is -0.0500. The van der Waals surface area contributed by atoms with Gasteiger partial charge in [0.1, 0.15) is 0 Å². The molecule has 0 amide bonds. The zero-order chi connectivity index (χ0) is 14.7. The molecule has 1 aromatic carbocycles. The van der Waals surface area contributed by atoms with Gasteiger partial charge in [0.05, 0.1) is 0 Å². The van der Waals surface area contributed by atoms with Crippen LogP contribution in [-0.4, -0.2) is 0 Å². The van der Waals surface area contributed by atoms with E-state index in [9.17, 15) is 0 Å². The van der Waals surface area contributed by atoms with Gasteiger partial charge in [-0.3, -0.25) is 0 Å². The summed E-state index contributed by atoms with van der Waals surface area (Å²) >= 11 is 2.40. The molecule has 0 unspecified atom stereocenters. The van der Waals surface area contributed by atoms with E-state index in [-0.39, 0.29) is 0 Å². The molecule has 0 aliphatic heterocycles. The van der Waals surface area contributed by atoms with Crippen molar-refractivity contribution in [1.82, 2.24) is 0 Å². The Bertz CT molecular complexity index is 420. The molecule has 1 aromatic rings. The zero-order valence-electron chi connectivity index (χ0n) is 13.4. The third kappa shape index (κ3) is 4.03. The summed E-state index contributed by atoms with van der Waals surface area (Å²) in [7, 11) is 0. The number of hydrogen-bond donors (Lipinski definition) is 0. The van der Waals surface area contributed by atoms with Crippen LogP contribution in [0.4, 0.5) is 0 Å². The largest absolute Gasteiger partial charge is 0.0651 e. The van der Waals surface area contributed by atoms with Crippen molar-refractivity contribution in [1.29, 1.82) is 0 Å². The van der Waals surface area contributed by atoms with Gasteiger partial charge in [0.2, 0.25) is 0 Å². The van der Waals surface area contributed by atoms with Crippen molar-refractivity contribution in [2.45, 2.75) is 70.6 Å². The smallest absolute Gasteiger partial charge is 0.0130 e. The van der Waals surface area contributed by atoms with Crippen molar-refractivity contribution in [3.8, 4) is 0 Å².